The standard InChI is InChI=1S/C18H28N4O2/c1-5-21-10-12-22(13-11-21)16-8-6-15(7-9-16)17(23)19-14(2)18(24)20(3)4/h6-9,14H,5,10-13H2,1-4H3,(H,19,23)/t14-/m1/s1. The highest BCUT2D eigenvalue weighted by Crippen LogP contribution is 2.17. The maximum absolute atomic E-state index is 12.2. The number of carbonyl (C=O) groups is 2. The van der Waals surface area contributed by atoms with Gasteiger partial charge in [0, 0.05) is 51.5 Å². The van der Waals surface area contributed by atoms with E-state index in [1.54, 1.807) is 21.0 Å². The Morgan fingerprint density at radius 1 is 1.12 bits per heavy atom. The first-order chi connectivity index (χ1) is 11.4. The molecule has 1 fully saturated rings. The number of rotatable bonds is 5. The van der Waals surface area contributed by atoms with Crippen molar-refractivity contribution in [3.63, 3.8) is 0 Å². The van der Waals surface area contributed by atoms with Crippen LogP contribution in [0.3, 0.4) is 0 Å². The van der Waals surface area contributed by atoms with Crippen molar-refractivity contribution in [1.82, 2.24) is 15.1 Å². The summed E-state index contributed by atoms with van der Waals surface area (Å²) in [7, 11) is 3.36. The van der Waals surface area contributed by atoms with Gasteiger partial charge in [-0.15, -0.1) is 0 Å². The first-order valence-corrected chi connectivity index (χ1v) is 8.51. The normalized spacial score (nSPS) is 16.6. The highest BCUT2D eigenvalue weighted by molar-refractivity contribution is 5.97. The Morgan fingerprint density at radius 2 is 1.71 bits per heavy atom. The molecule has 6 heteroatoms. The minimum atomic E-state index is -0.533. The molecule has 0 radical (unpaired) electrons. The van der Waals surface area contributed by atoms with Crippen molar-refractivity contribution in [2.75, 3.05) is 51.7 Å². The van der Waals surface area contributed by atoms with Crippen LogP contribution in [0, 0.1) is 0 Å². The van der Waals surface area contributed by atoms with Crippen molar-refractivity contribution in [3.8, 4) is 0 Å². The van der Waals surface area contributed by atoms with Crippen LogP contribution in [0.5, 0.6) is 0 Å². The van der Waals surface area contributed by atoms with Crippen LogP contribution < -0.4 is 10.2 Å². The lowest BCUT2D eigenvalue weighted by molar-refractivity contribution is -0.130. The van der Waals surface area contributed by atoms with Crippen LogP contribution in [0.25, 0.3) is 0 Å². The third-order valence-corrected chi connectivity index (χ3v) is 4.47. The summed E-state index contributed by atoms with van der Waals surface area (Å²) in [5.74, 6) is -0.339. The molecule has 2 amide bonds. The van der Waals surface area contributed by atoms with Gasteiger partial charge in [0.25, 0.3) is 5.91 Å². The number of likely N-dealkylation sites (N-methyl/N-ethyl adjacent to an activating group) is 2. The van der Waals surface area contributed by atoms with Crippen LogP contribution in [0.4, 0.5) is 5.69 Å². The van der Waals surface area contributed by atoms with Crippen molar-refractivity contribution in [2.24, 2.45) is 0 Å². The molecule has 0 saturated carbocycles. The van der Waals surface area contributed by atoms with Crippen molar-refractivity contribution < 1.29 is 9.59 Å². The van der Waals surface area contributed by atoms with Gasteiger partial charge >= 0.3 is 0 Å². The molecular weight excluding hydrogens is 304 g/mol. The number of benzene rings is 1. The van der Waals surface area contributed by atoms with Gasteiger partial charge in [-0.1, -0.05) is 6.92 Å². The van der Waals surface area contributed by atoms with Crippen molar-refractivity contribution in [3.05, 3.63) is 29.8 Å². The highest BCUT2D eigenvalue weighted by atomic mass is 16.2. The van der Waals surface area contributed by atoms with Gasteiger partial charge < -0.3 is 20.0 Å². The molecule has 1 aromatic rings. The van der Waals surface area contributed by atoms with E-state index < -0.39 is 6.04 Å². The Balaban J connectivity index is 1.94. The van der Waals surface area contributed by atoms with Crippen molar-refractivity contribution in [2.45, 2.75) is 19.9 Å². The van der Waals surface area contributed by atoms with Crippen molar-refractivity contribution in [1.29, 1.82) is 0 Å². The van der Waals surface area contributed by atoms with Crippen LogP contribution >= 0.6 is 0 Å². The summed E-state index contributed by atoms with van der Waals surface area (Å²) in [4.78, 5) is 30.3. The molecule has 1 atom stereocenters. The van der Waals surface area contributed by atoms with Crippen LogP contribution in [-0.4, -0.2) is 74.5 Å². The third-order valence-electron chi connectivity index (χ3n) is 4.47. The van der Waals surface area contributed by atoms with Gasteiger partial charge in [0.15, 0.2) is 0 Å². The summed E-state index contributed by atoms with van der Waals surface area (Å²) in [6.07, 6.45) is 0. The topological polar surface area (TPSA) is 55.9 Å². The average molecular weight is 332 g/mol. The molecule has 1 aromatic carbocycles. The van der Waals surface area contributed by atoms with E-state index in [1.165, 1.54) is 4.90 Å². The number of nitrogens with zero attached hydrogens (tertiary/aromatic N) is 3. The van der Waals surface area contributed by atoms with Crippen LogP contribution in [0.2, 0.25) is 0 Å². The molecule has 1 N–H and O–H groups in total. The molecule has 0 spiro atoms. The Kier molecular flexibility index (Phi) is 6.20. The summed E-state index contributed by atoms with van der Waals surface area (Å²) in [6, 6.07) is 7.08. The van der Waals surface area contributed by atoms with Gasteiger partial charge in [0.05, 0.1) is 0 Å². The van der Waals surface area contributed by atoms with E-state index in [-0.39, 0.29) is 11.8 Å². The summed E-state index contributed by atoms with van der Waals surface area (Å²) >= 11 is 0. The molecule has 1 aliphatic rings. The smallest absolute Gasteiger partial charge is 0.251 e. The summed E-state index contributed by atoms with van der Waals surface area (Å²) in [5, 5.41) is 2.74. The number of piperazine rings is 1. The molecule has 1 heterocycles. The minimum absolute atomic E-state index is 0.117. The zero-order chi connectivity index (χ0) is 17.7. The largest absolute Gasteiger partial charge is 0.369 e. The average Bonchev–Trinajstić information content (AvgIpc) is 2.61. The quantitative estimate of drug-likeness (QED) is 0.875. The van der Waals surface area contributed by atoms with E-state index in [9.17, 15) is 9.59 Å². The molecule has 0 aromatic heterocycles. The second-order valence-electron chi connectivity index (χ2n) is 6.40. The second-order valence-corrected chi connectivity index (χ2v) is 6.40. The summed E-state index contributed by atoms with van der Waals surface area (Å²) < 4.78 is 0. The number of amides is 2. The van der Waals surface area contributed by atoms with Gasteiger partial charge in [0.1, 0.15) is 6.04 Å². The van der Waals surface area contributed by atoms with Crippen LogP contribution in [0.15, 0.2) is 24.3 Å². The minimum Gasteiger partial charge on any atom is -0.369 e. The summed E-state index contributed by atoms with van der Waals surface area (Å²) in [6.45, 7) is 9.14. The lowest BCUT2D eigenvalue weighted by Gasteiger charge is -2.35. The number of hydrogen-bond acceptors (Lipinski definition) is 4. The number of nitrogens with one attached hydrogen (secondary N) is 1. The molecule has 6 nitrogen and oxygen atoms in total. The SMILES string of the molecule is CCN1CCN(c2ccc(C(=O)N[C@H](C)C(=O)N(C)C)cc2)CC1. The van der Waals surface area contributed by atoms with Crippen LogP contribution in [0.1, 0.15) is 24.2 Å². The zero-order valence-electron chi connectivity index (χ0n) is 15.1. The van der Waals surface area contributed by atoms with Crippen LogP contribution in [-0.2, 0) is 4.79 Å². The molecular formula is C18H28N4O2. The van der Waals surface area contributed by atoms with E-state index >= 15 is 0 Å². The van der Waals surface area contributed by atoms with Gasteiger partial charge in [-0.2, -0.15) is 0 Å². The predicted molar refractivity (Wildman–Crippen MR) is 96.4 cm³/mol. The molecule has 1 aliphatic heterocycles. The van der Waals surface area contributed by atoms with Gasteiger partial charge in [-0.05, 0) is 37.7 Å². The maximum atomic E-state index is 12.2. The number of anilines is 1. The number of carbonyl (C=O) groups excluding carboxylic acids is 2. The second kappa shape index (κ2) is 8.15. The molecule has 132 valence electrons. The van der Waals surface area contributed by atoms with Gasteiger partial charge in [0.2, 0.25) is 5.91 Å². The van der Waals surface area contributed by atoms with E-state index in [0.29, 0.717) is 5.56 Å². The molecule has 1 saturated heterocycles. The fourth-order valence-corrected chi connectivity index (χ4v) is 2.87. The Hall–Kier alpha value is -2.08. The Labute approximate surface area is 144 Å². The predicted octanol–water partition coefficient (Wildman–Crippen LogP) is 1.04. The van der Waals surface area contributed by atoms with E-state index in [0.717, 1.165) is 38.4 Å². The monoisotopic (exact) mass is 332 g/mol. The lowest BCUT2D eigenvalue weighted by Crippen LogP contribution is -2.46. The molecule has 24 heavy (non-hydrogen) atoms. The fraction of sp³-hybridized carbons (Fsp3) is 0.556. The first-order valence-electron chi connectivity index (χ1n) is 8.51. The summed E-state index contributed by atoms with van der Waals surface area (Å²) in [5.41, 5.74) is 1.71. The molecule has 0 bridgehead atoms. The number of hydrogen-bond donors (Lipinski definition) is 1. The van der Waals surface area contributed by atoms with Gasteiger partial charge in [-0.3, -0.25) is 9.59 Å². The van der Waals surface area contributed by atoms with Gasteiger partial charge in [-0.25, -0.2) is 0 Å². The molecule has 0 aliphatic carbocycles. The third kappa shape index (κ3) is 4.47. The van der Waals surface area contributed by atoms with Crippen molar-refractivity contribution >= 4 is 17.5 Å². The van der Waals surface area contributed by atoms with E-state index in [2.05, 4.69) is 22.0 Å². The fourth-order valence-electron chi connectivity index (χ4n) is 2.87. The van der Waals surface area contributed by atoms with E-state index in [1.807, 2.05) is 24.3 Å². The highest BCUT2D eigenvalue weighted by Gasteiger charge is 2.19. The first kappa shape index (κ1) is 18.3. The Morgan fingerprint density at radius 3 is 2.21 bits per heavy atom. The maximum Gasteiger partial charge on any atom is 0.251 e. The lowest BCUT2D eigenvalue weighted by atomic mass is 10.1. The molecule has 0 unspecified atom stereocenters. The van der Waals surface area contributed by atoms with E-state index in [4.69, 9.17) is 0 Å². The molecule has 2 rings (SSSR count). The zero-order valence-corrected chi connectivity index (χ0v) is 15.1. The Bertz CT molecular complexity index is 563.